The van der Waals surface area contributed by atoms with Crippen LogP contribution in [0.25, 0.3) is 0 Å². The van der Waals surface area contributed by atoms with E-state index in [-0.39, 0.29) is 25.5 Å². The van der Waals surface area contributed by atoms with Crippen molar-refractivity contribution in [2.24, 2.45) is 5.92 Å². The fraction of sp³-hybridized carbons (Fsp3) is 0.350. The summed E-state index contributed by atoms with van der Waals surface area (Å²) >= 11 is 3.41. The molecule has 1 aliphatic rings. The van der Waals surface area contributed by atoms with Gasteiger partial charge in [-0.1, -0.05) is 13.0 Å². The first-order chi connectivity index (χ1) is 14.0. The Morgan fingerprint density at radius 1 is 1.31 bits per heavy atom. The second-order valence-electron chi connectivity index (χ2n) is 6.70. The van der Waals surface area contributed by atoms with E-state index < -0.39 is 17.7 Å². The van der Waals surface area contributed by atoms with Gasteiger partial charge in [-0.25, -0.2) is 0 Å². The Balaban J connectivity index is 1.42. The van der Waals surface area contributed by atoms with Crippen molar-refractivity contribution in [2.45, 2.75) is 26.3 Å². The van der Waals surface area contributed by atoms with Gasteiger partial charge in [0.2, 0.25) is 11.8 Å². The lowest BCUT2D eigenvalue weighted by atomic mass is 10.1. The van der Waals surface area contributed by atoms with Gasteiger partial charge < -0.3 is 14.1 Å². The van der Waals surface area contributed by atoms with Crippen LogP contribution in [0.15, 0.2) is 45.5 Å². The molecule has 1 aromatic heterocycles. The van der Waals surface area contributed by atoms with E-state index in [1.165, 1.54) is 6.26 Å². The lowest BCUT2D eigenvalue weighted by Crippen LogP contribution is -2.46. The van der Waals surface area contributed by atoms with E-state index in [2.05, 4.69) is 26.8 Å². The van der Waals surface area contributed by atoms with Crippen LogP contribution >= 0.6 is 15.9 Å². The number of hydrogen-bond donors (Lipinski definition) is 2. The number of furan rings is 1. The molecular formula is C20H22BrN3O5. The molecule has 0 saturated carbocycles. The fourth-order valence-electron chi connectivity index (χ4n) is 2.99. The number of nitrogens with one attached hydrogen (secondary N) is 2. The van der Waals surface area contributed by atoms with Crippen molar-refractivity contribution >= 4 is 33.7 Å². The second kappa shape index (κ2) is 9.60. The van der Waals surface area contributed by atoms with Gasteiger partial charge in [0.15, 0.2) is 6.61 Å². The van der Waals surface area contributed by atoms with E-state index in [1.54, 1.807) is 23.1 Å². The Bertz CT molecular complexity index is 884. The Kier molecular flexibility index (Phi) is 6.92. The third-order valence-electron chi connectivity index (χ3n) is 4.60. The minimum atomic E-state index is -0.533. The van der Waals surface area contributed by atoms with Gasteiger partial charge >= 0.3 is 0 Å². The summed E-state index contributed by atoms with van der Waals surface area (Å²) in [6.07, 6.45) is 2.53. The molecule has 2 N–H and O–H groups in total. The van der Waals surface area contributed by atoms with E-state index in [0.29, 0.717) is 18.1 Å². The first kappa shape index (κ1) is 20.9. The third kappa shape index (κ3) is 5.60. The summed E-state index contributed by atoms with van der Waals surface area (Å²) in [4.78, 5) is 37.9. The Morgan fingerprint density at radius 3 is 2.83 bits per heavy atom. The highest BCUT2D eigenvalue weighted by molar-refractivity contribution is 9.10. The maximum absolute atomic E-state index is 12.3. The summed E-state index contributed by atoms with van der Waals surface area (Å²) < 4.78 is 11.5. The average Bonchev–Trinajstić information content (AvgIpc) is 3.35. The topological polar surface area (TPSA) is 101 Å². The van der Waals surface area contributed by atoms with Crippen molar-refractivity contribution in [3.8, 4) is 5.75 Å². The van der Waals surface area contributed by atoms with Crippen LogP contribution < -0.4 is 15.6 Å². The van der Waals surface area contributed by atoms with Crippen molar-refractivity contribution in [1.29, 1.82) is 0 Å². The normalized spacial score (nSPS) is 16.0. The van der Waals surface area contributed by atoms with Crippen molar-refractivity contribution in [3.63, 3.8) is 0 Å². The van der Waals surface area contributed by atoms with Gasteiger partial charge in [0.05, 0.1) is 23.2 Å². The Morgan fingerprint density at radius 2 is 2.14 bits per heavy atom. The molecule has 1 aromatic carbocycles. The summed E-state index contributed by atoms with van der Waals surface area (Å²) in [7, 11) is 0. The van der Waals surface area contributed by atoms with Gasteiger partial charge in [0.1, 0.15) is 11.5 Å². The molecule has 0 bridgehead atoms. The molecule has 154 valence electrons. The summed E-state index contributed by atoms with van der Waals surface area (Å²) in [5.74, 6) is -0.378. The molecule has 8 nitrogen and oxygen atoms in total. The lowest BCUT2D eigenvalue weighted by Gasteiger charge is -2.15. The molecule has 3 rings (SSSR count). The Labute approximate surface area is 176 Å². The van der Waals surface area contributed by atoms with Gasteiger partial charge in [-0.15, -0.1) is 0 Å². The van der Waals surface area contributed by atoms with Crippen LogP contribution in [0, 0.1) is 5.92 Å². The first-order valence-corrected chi connectivity index (χ1v) is 10.1. The number of carbonyl (C=O) groups is 3. The van der Waals surface area contributed by atoms with Crippen LogP contribution in [-0.2, 0) is 27.3 Å². The zero-order chi connectivity index (χ0) is 20.8. The molecular weight excluding hydrogens is 442 g/mol. The van der Waals surface area contributed by atoms with Crippen LogP contribution in [0.4, 0.5) is 0 Å². The number of hydrazine groups is 1. The number of carbonyl (C=O) groups excluding carboxylic acids is 3. The quantitative estimate of drug-likeness (QED) is 0.612. The van der Waals surface area contributed by atoms with Gasteiger partial charge in [-0.2, -0.15) is 0 Å². The number of ether oxygens (including phenoxy) is 1. The molecule has 29 heavy (non-hydrogen) atoms. The maximum Gasteiger partial charge on any atom is 0.276 e. The third-order valence-corrected chi connectivity index (χ3v) is 5.22. The number of amides is 3. The van der Waals surface area contributed by atoms with Gasteiger partial charge in [0, 0.05) is 13.0 Å². The summed E-state index contributed by atoms with van der Waals surface area (Å²) in [5.41, 5.74) is 5.83. The van der Waals surface area contributed by atoms with E-state index >= 15 is 0 Å². The minimum Gasteiger partial charge on any atom is -0.483 e. The summed E-state index contributed by atoms with van der Waals surface area (Å²) in [6.45, 7) is 2.39. The van der Waals surface area contributed by atoms with Crippen LogP contribution in [0.3, 0.4) is 0 Å². The SMILES string of the molecule is CCc1ccc(OCC(=O)NNC(=O)C2CC(=O)N(Cc3ccco3)C2)c(Br)c1. The molecule has 2 aromatic rings. The van der Waals surface area contributed by atoms with Crippen LogP contribution in [0.5, 0.6) is 5.75 Å². The monoisotopic (exact) mass is 463 g/mol. The number of halogens is 1. The molecule has 1 fully saturated rings. The van der Waals surface area contributed by atoms with Crippen molar-refractivity contribution in [1.82, 2.24) is 15.8 Å². The van der Waals surface area contributed by atoms with Crippen LogP contribution in [0.2, 0.25) is 0 Å². The number of benzene rings is 1. The smallest absolute Gasteiger partial charge is 0.276 e. The van der Waals surface area contributed by atoms with E-state index in [4.69, 9.17) is 9.15 Å². The summed E-state index contributed by atoms with van der Waals surface area (Å²) in [5, 5.41) is 0. The molecule has 1 unspecified atom stereocenters. The van der Waals surface area contributed by atoms with Crippen LogP contribution in [-0.4, -0.2) is 35.8 Å². The van der Waals surface area contributed by atoms with Gasteiger partial charge in [0.25, 0.3) is 5.91 Å². The zero-order valence-corrected chi connectivity index (χ0v) is 17.5. The number of rotatable bonds is 7. The molecule has 0 aliphatic carbocycles. The number of likely N-dealkylation sites (tertiary alicyclic amines) is 1. The lowest BCUT2D eigenvalue weighted by molar-refractivity contribution is -0.132. The highest BCUT2D eigenvalue weighted by atomic mass is 79.9. The summed E-state index contributed by atoms with van der Waals surface area (Å²) in [6, 6.07) is 9.15. The minimum absolute atomic E-state index is 0.0929. The van der Waals surface area contributed by atoms with Crippen molar-refractivity contribution < 1.29 is 23.5 Å². The Hall–Kier alpha value is -2.81. The molecule has 0 radical (unpaired) electrons. The van der Waals surface area contributed by atoms with Gasteiger partial charge in [-0.3, -0.25) is 25.2 Å². The number of aryl methyl sites for hydroxylation is 1. The molecule has 1 atom stereocenters. The standard InChI is InChI=1S/C20H22BrN3O5/c1-2-13-5-6-17(16(21)8-13)29-12-18(25)22-23-20(27)14-9-19(26)24(10-14)11-15-4-3-7-28-15/h3-8,14H,2,9-12H2,1H3,(H,22,25)(H,23,27). The highest BCUT2D eigenvalue weighted by Gasteiger charge is 2.34. The predicted molar refractivity (Wildman–Crippen MR) is 108 cm³/mol. The molecule has 3 amide bonds. The van der Waals surface area contributed by atoms with E-state index in [0.717, 1.165) is 16.5 Å². The first-order valence-electron chi connectivity index (χ1n) is 9.26. The highest BCUT2D eigenvalue weighted by Crippen LogP contribution is 2.26. The van der Waals surface area contributed by atoms with E-state index in [1.807, 2.05) is 19.1 Å². The molecule has 1 aliphatic heterocycles. The number of hydrogen-bond acceptors (Lipinski definition) is 5. The van der Waals surface area contributed by atoms with Crippen molar-refractivity contribution in [2.75, 3.05) is 13.2 Å². The maximum atomic E-state index is 12.3. The number of nitrogens with zero attached hydrogens (tertiary/aromatic N) is 1. The second-order valence-corrected chi connectivity index (χ2v) is 7.55. The average molecular weight is 464 g/mol. The molecule has 9 heteroatoms. The van der Waals surface area contributed by atoms with Crippen LogP contribution in [0.1, 0.15) is 24.7 Å². The molecule has 1 saturated heterocycles. The largest absolute Gasteiger partial charge is 0.483 e. The zero-order valence-electron chi connectivity index (χ0n) is 15.9. The van der Waals surface area contributed by atoms with E-state index in [9.17, 15) is 14.4 Å². The van der Waals surface area contributed by atoms with Crippen molar-refractivity contribution in [3.05, 3.63) is 52.4 Å². The predicted octanol–water partition coefficient (Wildman–Crippen LogP) is 2.18. The molecule has 2 heterocycles. The molecule has 0 spiro atoms. The fourth-order valence-corrected chi connectivity index (χ4v) is 3.53. The van der Waals surface area contributed by atoms with Gasteiger partial charge in [-0.05, 0) is 52.2 Å².